The summed E-state index contributed by atoms with van der Waals surface area (Å²) in [5.74, 6) is 1.48. The van der Waals surface area contributed by atoms with Crippen LogP contribution >= 0.6 is 11.6 Å². The Bertz CT molecular complexity index is 483. The number of aromatic nitrogens is 3. The van der Waals surface area contributed by atoms with E-state index < -0.39 is 0 Å². The summed E-state index contributed by atoms with van der Waals surface area (Å²) in [5, 5.41) is 3.74. The summed E-state index contributed by atoms with van der Waals surface area (Å²) in [6.07, 6.45) is 5.95. The van der Waals surface area contributed by atoms with Gasteiger partial charge in [-0.3, -0.25) is 0 Å². The number of aromatic amines is 1. The predicted octanol–water partition coefficient (Wildman–Crippen LogP) is 2.60. The second-order valence-electron chi connectivity index (χ2n) is 3.68. The van der Waals surface area contributed by atoms with Crippen molar-refractivity contribution in [2.45, 2.75) is 19.4 Å². The summed E-state index contributed by atoms with van der Waals surface area (Å²) in [6, 6.07) is 1.73. The van der Waals surface area contributed by atoms with Crippen LogP contribution < -0.4 is 11.1 Å². The molecule has 1 unspecified atom stereocenters. The third kappa shape index (κ3) is 2.68. The second kappa shape index (κ2) is 5.05. The normalized spacial score (nSPS) is 12.4. The molecule has 17 heavy (non-hydrogen) atoms. The zero-order chi connectivity index (χ0) is 12.3. The highest BCUT2D eigenvalue weighted by Crippen LogP contribution is 2.25. The van der Waals surface area contributed by atoms with Crippen molar-refractivity contribution in [1.29, 1.82) is 0 Å². The van der Waals surface area contributed by atoms with E-state index in [2.05, 4.69) is 27.2 Å². The molecule has 5 nitrogen and oxygen atoms in total. The highest BCUT2D eigenvalue weighted by molar-refractivity contribution is 6.33. The minimum atomic E-state index is 0.0543. The molecule has 2 rings (SSSR count). The van der Waals surface area contributed by atoms with Gasteiger partial charge >= 0.3 is 0 Å². The van der Waals surface area contributed by atoms with Crippen LogP contribution in [-0.2, 0) is 0 Å². The standard InChI is InChI=1S/C11H14ClN5/c1-2-9(11-14-3-4-15-11)17-10-8(12)5-7(13)6-16-10/h3-6,9H,2,13H2,1H3,(H,14,15)(H,16,17). The largest absolute Gasteiger partial charge is 0.397 e. The van der Waals surface area contributed by atoms with Gasteiger partial charge in [0.15, 0.2) is 0 Å². The van der Waals surface area contributed by atoms with Gasteiger partial charge in [-0.05, 0) is 12.5 Å². The molecular formula is C11H14ClN5. The number of rotatable bonds is 4. The summed E-state index contributed by atoms with van der Waals surface area (Å²) >= 11 is 6.06. The summed E-state index contributed by atoms with van der Waals surface area (Å²) in [5.41, 5.74) is 6.14. The number of nitrogens with zero attached hydrogens (tertiary/aromatic N) is 2. The third-order valence-corrected chi connectivity index (χ3v) is 2.72. The molecule has 2 heterocycles. The van der Waals surface area contributed by atoms with Gasteiger partial charge in [-0.1, -0.05) is 18.5 Å². The minimum absolute atomic E-state index is 0.0543. The summed E-state index contributed by atoms with van der Waals surface area (Å²) in [4.78, 5) is 11.5. The number of halogens is 1. The van der Waals surface area contributed by atoms with Crippen molar-refractivity contribution in [1.82, 2.24) is 15.0 Å². The average Bonchev–Trinajstić information content (AvgIpc) is 2.81. The zero-order valence-electron chi connectivity index (χ0n) is 9.44. The lowest BCUT2D eigenvalue weighted by Crippen LogP contribution is -2.12. The zero-order valence-corrected chi connectivity index (χ0v) is 10.2. The molecule has 0 saturated heterocycles. The van der Waals surface area contributed by atoms with Gasteiger partial charge in [-0.15, -0.1) is 0 Å². The summed E-state index contributed by atoms with van der Waals surface area (Å²) < 4.78 is 0. The number of hydrogen-bond donors (Lipinski definition) is 3. The van der Waals surface area contributed by atoms with Gasteiger partial charge in [0.1, 0.15) is 11.6 Å². The fourth-order valence-electron chi connectivity index (χ4n) is 1.56. The highest BCUT2D eigenvalue weighted by atomic mass is 35.5. The first-order valence-electron chi connectivity index (χ1n) is 5.37. The van der Waals surface area contributed by atoms with Gasteiger partial charge in [0.05, 0.1) is 22.9 Å². The van der Waals surface area contributed by atoms with Crippen molar-refractivity contribution in [3.05, 3.63) is 35.5 Å². The number of hydrogen-bond acceptors (Lipinski definition) is 4. The molecule has 4 N–H and O–H groups in total. The Labute approximate surface area is 104 Å². The van der Waals surface area contributed by atoms with Crippen molar-refractivity contribution in [3.63, 3.8) is 0 Å². The van der Waals surface area contributed by atoms with Crippen LogP contribution in [0.3, 0.4) is 0 Å². The van der Waals surface area contributed by atoms with E-state index in [1.54, 1.807) is 24.7 Å². The number of H-pyrrole nitrogens is 1. The first kappa shape index (κ1) is 11.7. The van der Waals surface area contributed by atoms with Gasteiger partial charge < -0.3 is 16.0 Å². The maximum Gasteiger partial charge on any atom is 0.145 e. The van der Waals surface area contributed by atoms with Crippen LogP contribution in [-0.4, -0.2) is 15.0 Å². The summed E-state index contributed by atoms with van der Waals surface area (Å²) in [7, 11) is 0. The van der Waals surface area contributed by atoms with Crippen molar-refractivity contribution < 1.29 is 0 Å². The number of imidazole rings is 1. The fourth-order valence-corrected chi connectivity index (χ4v) is 1.79. The van der Waals surface area contributed by atoms with Gasteiger partial charge in [-0.2, -0.15) is 0 Å². The molecule has 0 amide bonds. The van der Waals surface area contributed by atoms with Crippen LogP contribution in [0, 0.1) is 0 Å². The first-order valence-corrected chi connectivity index (χ1v) is 5.75. The molecule has 0 aliphatic heterocycles. The molecule has 2 aromatic heterocycles. The first-order chi connectivity index (χ1) is 8.20. The number of nitrogen functional groups attached to an aromatic ring is 1. The highest BCUT2D eigenvalue weighted by Gasteiger charge is 2.13. The van der Waals surface area contributed by atoms with Gasteiger partial charge in [-0.25, -0.2) is 9.97 Å². The van der Waals surface area contributed by atoms with Crippen molar-refractivity contribution >= 4 is 23.1 Å². The molecule has 0 bridgehead atoms. The van der Waals surface area contributed by atoms with Crippen molar-refractivity contribution in [2.24, 2.45) is 0 Å². The number of anilines is 2. The summed E-state index contributed by atoms with van der Waals surface area (Å²) in [6.45, 7) is 2.06. The minimum Gasteiger partial charge on any atom is -0.397 e. The van der Waals surface area contributed by atoms with E-state index in [1.807, 2.05) is 0 Å². The van der Waals surface area contributed by atoms with Crippen LogP contribution in [0.25, 0.3) is 0 Å². The molecule has 6 heteroatoms. The molecular weight excluding hydrogens is 238 g/mol. The van der Waals surface area contributed by atoms with Crippen LogP contribution in [0.4, 0.5) is 11.5 Å². The van der Waals surface area contributed by atoms with Crippen LogP contribution in [0.15, 0.2) is 24.7 Å². The van der Waals surface area contributed by atoms with Gasteiger partial charge in [0.2, 0.25) is 0 Å². The number of pyridine rings is 1. The predicted molar refractivity (Wildman–Crippen MR) is 68.9 cm³/mol. The van der Waals surface area contributed by atoms with Gasteiger partial charge in [0.25, 0.3) is 0 Å². The van der Waals surface area contributed by atoms with Gasteiger partial charge in [0, 0.05) is 12.4 Å². The molecule has 0 saturated carbocycles. The molecule has 1 atom stereocenters. The quantitative estimate of drug-likeness (QED) is 0.780. The van der Waals surface area contributed by atoms with E-state index >= 15 is 0 Å². The molecule has 2 aromatic rings. The Hall–Kier alpha value is -1.75. The second-order valence-corrected chi connectivity index (χ2v) is 4.09. The molecule has 0 spiro atoms. The lowest BCUT2D eigenvalue weighted by molar-refractivity contribution is 0.700. The monoisotopic (exact) mass is 251 g/mol. The van der Waals surface area contributed by atoms with Crippen molar-refractivity contribution in [2.75, 3.05) is 11.1 Å². The molecule has 0 radical (unpaired) electrons. The Morgan fingerprint density at radius 2 is 2.35 bits per heavy atom. The Morgan fingerprint density at radius 1 is 1.53 bits per heavy atom. The fraction of sp³-hybridized carbons (Fsp3) is 0.273. The van der Waals surface area contributed by atoms with E-state index in [-0.39, 0.29) is 6.04 Å². The van der Waals surface area contributed by atoms with E-state index in [0.717, 1.165) is 12.2 Å². The molecule has 90 valence electrons. The Morgan fingerprint density at radius 3 is 2.94 bits per heavy atom. The van der Waals surface area contributed by atoms with Crippen LogP contribution in [0.2, 0.25) is 5.02 Å². The Balaban J connectivity index is 2.19. The molecule has 0 aromatic carbocycles. The van der Waals surface area contributed by atoms with Crippen LogP contribution in [0.5, 0.6) is 0 Å². The third-order valence-electron chi connectivity index (χ3n) is 2.43. The Kier molecular flexibility index (Phi) is 3.49. The lowest BCUT2D eigenvalue weighted by atomic mass is 10.2. The van der Waals surface area contributed by atoms with Crippen molar-refractivity contribution in [3.8, 4) is 0 Å². The van der Waals surface area contributed by atoms with E-state index in [0.29, 0.717) is 16.5 Å². The lowest BCUT2D eigenvalue weighted by Gasteiger charge is -2.16. The topological polar surface area (TPSA) is 79.6 Å². The van der Waals surface area contributed by atoms with E-state index in [9.17, 15) is 0 Å². The molecule has 0 aliphatic carbocycles. The average molecular weight is 252 g/mol. The maximum atomic E-state index is 6.06. The molecule has 0 aliphatic rings. The maximum absolute atomic E-state index is 6.06. The van der Waals surface area contributed by atoms with Crippen LogP contribution in [0.1, 0.15) is 25.2 Å². The van der Waals surface area contributed by atoms with E-state index in [1.165, 1.54) is 0 Å². The SMILES string of the molecule is CCC(Nc1ncc(N)cc1Cl)c1ncc[nH]1. The number of nitrogens with two attached hydrogens (primary N) is 1. The smallest absolute Gasteiger partial charge is 0.145 e. The number of nitrogens with one attached hydrogen (secondary N) is 2. The van der Waals surface area contributed by atoms with E-state index in [4.69, 9.17) is 17.3 Å². The molecule has 0 fully saturated rings.